The van der Waals surface area contributed by atoms with Crippen molar-refractivity contribution in [2.45, 2.75) is 19.0 Å². The number of carboxylic acids is 2. The number of benzene rings is 2. The fourth-order valence-corrected chi connectivity index (χ4v) is 3.08. The highest BCUT2D eigenvalue weighted by Crippen LogP contribution is 2.40. The number of amides is 2. The van der Waals surface area contributed by atoms with Crippen LogP contribution in [0, 0.1) is 0 Å². The highest BCUT2D eigenvalue weighted by atomic mass is 35.5. The van der Waals surface area contributed by atoms with Gasteiger partial charge in [0, 0.05) is 12.0 Å². The molecule has 0 aliphatic rings. The molecule has 0 saturated heterocycles. The Labute approximate surface area is 222 Å². The van der Waals surface area contributed by atoms with Gasteiger partial charge in [-0.15, -0.1) is 0 Å². The van der Waals surface area contributed by atoms with E-state index in [1.165, 1.54) is 18.5 Å². The molecule has 0 fully saturated rings. The van der Waals surface area contributed by atoms with E-state index in [0.717, 1.165) is 0 Å². The summed E-state index contributed by atoms with van der Waals surface area (Å²) in [7, 11) is 0. The van der Waals surface area contributed by atoms with Crippen LogP contribution in [-0.2, 0) is 20.8 Å². The van der Waals surface area contributed by atoms with Crippen LogP contribution in [0.2, 0.25) is 10.0 Å². The summed E-state index contributed by atoms with van der Waals surface area (Å²) in [4.78, 5) is 48.1. The van der Waals surface area contributed by atoms with E-state index in [4.69, 9.17) is 44.1 Å². The Balaban J connectivity index is 0.000000905. The van der Waals surface area contributed by atoms with E-state index in [1.807, 2.05) is 0 Å². The van der Waals surface area contributed by atoms with Crippen LogP contribution in [-0.4, -0.2) is 58.1 Å². The average Bonchev–Trinajstić information content (AvgIpc) is 2.85. The number of anilines is 1. The van der Waals surface area contributed by atoms with Crippen molar-refractivity contribution >= 4 is 64.7 Å². The van der Waals surface area contributed by atoms with Crippen molar-refractivity contribution in [2.24, 2.45) is 10.8 Å². The number of halogens is 5. The number of carbonyl (C=O) groups excluding carboxylic acids is 2. The monoisotopic (exact) mass is 581 g/mol. The van der Waals surface area contributed by atoms with Crippen LogP contribution in [0.15, 0.2) is 35.3 Å². The van der Waals surface area contributed by atoms with E-state index in [9.17, 15) is 32.7 Å². The zero-order chi connectivity index (χ0) is 29.0. The van der Waals surface area contributed by atoms with Crippen molar-refractivity contribution in [1.29, 1.82) is 0 Å². The number of carbonyl (C=O) groups is 4. The quantitative estimate of drug-likeness (QED) is 0.100. The van der Waals surface area contributed by atoms with E-state index >= 15 is 0 Å². The normalized spacial score (nSPS) is 10.8. The molecule has 206 valence electrons. The second-order valence-corrected chi connectivity index (χ2v) is 7.74. The van der Waals surface area contributed by atoms with Crippen molar-refractivity contribution in [1.82, 2.24) is 10.7 Å². The third-order valence-corrected chi connectivity index (χ3v) is 4.86. The van der Waals surface area contributed by atoms with Crippen LogP contribution in [0.1, 0.15) is 22.3 Å². The van der Waals surface area contributed by atoms with Gasteiger partial charge in [-0.05, 0) is 36.2 Å². The molecule has 0 radical (unpaired) electrons. The van der Waals surface area contributed by atoms with Crippen LogP contribution in [0.5, 0.6) is 5.75 Å². The standard InChI is InChI=1S/C19H19Cl2N5O5.C2HF3O2/c20-13-7-10(4-5-15(28)29)18(30)16(21)17(13)26-14(27)8-23-19(31)11-2-1-3-12(6-11)24-9-25-22;3-2(4,5)1(6)7/h1-3,6-7,9,30H,4-5,8,22H2,(H,23,31)(H,24,25)(H,26,27)(H,28,29);(H,6,7). The Morgan fingerprint density at radius 2 is 1.74 bits per heavy atom. The number of phenols is 1. The lowest BCUT2D eigenvalue weighted by Gasteiger charge is -2.14. The predicted molar refractivity (Wildman–Crippen MR) is 131 cm³/mol. The molecular formula is C21H20Cl2F3N5O7. The zero-order valence-corrected chi connectivity index (χ0v) is 20.5. The smallest absolute Gasteiger partial charge is 0.490 e. The minimum atomic E-state index is -5.08. The third-order valence-electron chi connectivity index (χ3n) is 4.19. The van der Waals surface area contributed by atoms with Gasteiger partial charge in [-0.2, -0.15) is 13.2 Å². The number of phenolic OH excluding ortho intramolecular Hbond substituents is 1. The lowest BCUT2D eigenvalue weighted by Crippen LogP contribution is -2.33. The van der Waals surface area contributed by atoms with Crippen molar-refractivity contribution in [3.05, 3.63) is 51.5 Å². The first-order valence-electron chi connectivity index (χ1n) is 10.1. The Bertz CT molecular complexity index is 1230. The van der Waals surface area contributed by atoms with E-state index in [1.54, 1.807) is 18.2 Å². The van der Waals surface area contributed by atoms with Gasteiger partial charge in [0.1, 0.15) is 17.1 Å². The molecule has 0 aliphatic heterocycles. The molecule has 0 aromatic heterocycles. The van der Waals surface area contributed by atoms with Crippen molar-refractivity contribution in [3.63, 3.8) is 0 Å². The number of nitrogens with one attached hydrogen (secondary N) is 3. The Morgan fingerprint density at radius 3 is 2.29 bits per heavy atom. The summed E-state index contributed by atoms with van der Waals surface area (Å²) in [6.45, 7) is -0.398. The maximum Gasteiger partial charge on any atom is 0.490 e. The number of rotatable bonds is 9. The Hall–Kier alpha value is -4.08. The molecule has 2 aromatic carbocycles. The number of alkyl halides is 3. The average molecular weight is 582 g/mol. The number of hydrazine groups is 1. The molecule has 2 aromatic rings. The number of aliphatic carboxylic acids is 2. The highest BCUT2D eigenvalue weighted by Gasteiger charge is 2.38. The molecule has 0 spiro atoms. The van der Waals surface area contributed by atoms with Gasteiger partial charge in [0.25, 0.3) is 5.91 Å². The molecule has 2 rings (SSSR count). The first-order valence-corrected chi connectivity index (χ1v) is 10.8. The lowest BCUT2D eigenvalue weighted by atomic mass is 10.1. The molecule has 0 unspecified atom stereocenters. The number of carboxylic acid groups (broad SMARTS) is 2. The summed E-state index contributed by atoms with van der Waals surface area (Å²) in [6, 6.07) is 7.65. The second-order valence-electron chi connectivity index (χ2n) is 6.96. The van der Waals surface area contributed by atoms with Crippen molar-refractivity contribution in [2.75, 3.05) is 11.9 Å². The summed E-state index contributed by atoms with van der Waals surface area (Å²) in [5, 5.41) is 30.7. The summed E-state index contributed by atoms with van der Waals surface area (Å²) in [6.07, 6.45) is -4.05. The van der Waals surface area contributed by atoms with Crippen LogP contribution in [0.25, 0.3) is 0 Å². The van der Waals surface area contributed by atoms with Crippen LogP contribution < -0.4 is 21.9 Å². The van der Waals surface area contributed by atoms with Crippen molar-refractivity contribution in [3.8, 4) is 5.75 Å². The number of nitrogens with two attached hydrogens (primary N) is 1. The zero-order valence-electron chi connectivity index (χ0n) is 19.0. The van der Waals surface area contributed by atoms with Gasteiger partial charge in [-0.1, -0.05) is 29.3 Å². The van der Waals surface area contributed by atoms with Crippen LogP contribution >= 0.6 is 23.2 Å². The minimum Gasteiger partial charge on any atom is -0.506 e. The molecule has 0 atom stereocenters. The Morgan fingerprint density at radius 1 is 1.11 bits per heavy atom. The fraction of sp³-hybridized carbons (Fsp3) is 0.190. The fourth-order valence-electron chi connectivity index (χ4n) is 2.49. The number of aromatic hydroxyl groups is 1. The van der Waals surface area contributed by atoms with Gasteiger partial charge in [0.2, 0.25) is 5.91 Å². The number of hydrogen-bond acceptors (Lipinski definition) is 7. The van der Waals surface area contributed by atoms with E-state index < -0.39 is 36.5 Å². The van der Waals surface area contributed by atoms with Gasteiger partial charge >= 0.3 is 18.1 Å². The van der Waals surface area contributed by atoms with Gasteiger partial charge in [0.05, 0.1) is 22.9 Å². The first-order chi connectivity index (χ1) is 17.7. The van der Waals surface area contributed by atoms with E-state index in [0.29, 0.717) is 5.69 Å². The molecular weight excluding hydrogens is 562 g/mol. The molecule has 0 saturated carbocycles. The molecule has 0 aliphatic carbocycles. The predicted octanol–water partition coefficient (Wildman–Crippen LogP) is 2.84. The van der Waals surface area contributed by atoms with Crippen LogP contribution in [0.4, 0.5) is 24.5 Å². The molecule has 0 heterocycles. The lowest BCUT2D eigenvalue weighted by molar-refractivity contribution is -0.192. The summed E-state index contributed by atoms with van der Waals surface area (Å²) in [5.41, 5.74) is 3.18. The molecule has 8 N–H and O–H groups in total. The van der Waals surface area contributed by atoms with E-state index in [-0.39, 0.29) is 45.5 Å². The Kier molecular flexibility index (Phi) is 12.3. The van der Waals surface area contributed by atoms with Gasteiger partial charge in [0.15, 0.2) is 0 Å². The maximum atomic E-state index is 12.3. The number of hydrogen-bond donors (Lipinski definition) is 7. The topological polar surface area (TPSA) is 203 Å². The van der Waals surface area contributed by atoms with Gasteiger partial charge in [-0.3, -0.25) is 14.4 Å². The summed E-state index contributed by atoms with van der Waals surface area (Å²) < 4.78 is 31.7. The third kappa shape index (κ3) is 10.5. The summed E-state index contributed by atoms with van der Waals surface area (Å²) in [5.74, 6) is -0.239. The second kappa shape index (κ2) is 14.6. The molecule has 12 nitrogen and oxygen atoms in total. The molecule has 17 heteroatoms. The maximum absolute atomic E-state index is 12.3. The highest BCUT2D eigenvalue weighted by molar-refractivity contribution is 6.41. The summed E-state index contributed by atoms with van der Waals surface area (Å²) >= 11 is 12.2. The van der Waals surface area contributed by atoms with Gasteiger partial charge in [-0.25, -0.2) is 15.6 Å². The molecule has 2 amide bonds. The number of aliphatic imine (C=N–C) groups is 1. The SMILES string of the molecule is NNC=Nc1cccc(C(=O)NCC(=O)Nc2c(Cl)cc(CCC(=O)O)c(O)c2Cl)c1.O=C(O)C(F)(F)F. The van der Waals surface area contributed by atoms with Gasteiger partial charge < -0.3 is 31.4 Å². The van der Waals surface area contributed by atoms with Crippen molar-refractivity contribution < 1.29 is 47.7 Å². The largest absolute Gasteiger partial charge is 0.506 e. The van der Waals surface area contributed by atoms with E-state index in [2.05, 4.69) is 21.1 Å². The number of nitrogens with zero attached hydrogens (tertiary/aromatic N) is 1. The minimum absolute atomic E-state index is 0.00927. The first kappa shape index (κ1) is 31.9. The molecule has 0 bridgehead atoms. The number of aryl methyl sites for hydroxylation is 1. The van der Waals surface area contributed by atoms with Crippen LogP contribution in [0.3, 0.4) is 0 Å². The molecule has 38 heavy (non-hydrogen) atoms.